The highest BCUT2D eigenvalue weighted by Gasteiger charge is 2.27. The molecule has 29 heavy (non-hydrogen) atoms. The predicted molar refractivity (Wildman–Crippen MR) is 109 cm³/mol. The Hall–Kier alpha value is -3.44. The number of carbonyl (C=O) groups excluding carboxylic acids is 1. The average Bonchev–Trinajstić information content (AvgIpc) is 3.08. The van der Waals surface area contributed by atoms with Crippen molar-refractivity contribution in [1.82, 2.24) is 4.57 Å². The zero-order chi connectivity index (χ0) is 20.4. The molecule has 4 rings (SSSR count). The second-order valence-corrected chi connectivity index (χ2v) is 7.17. The average molecular weight is 410 g/mol. The van der Waals surface area contributed by atoms with Crippen LogP contribution in [0.15, 0.2) is 41.4 Å². The van der Waals surface area contributed by atoms with Crippen LogP contribution in [0, 0.1) is 12.3 Å². The number of ether oxygens (including phenoxy) is 4. The molecule has 0 saturated heterocycles. The molecular formula is C21H18N2O5S. The van der Waals surface area contributed by atoms with Gasteiger partial charge in [0.15, 0.2) is 27.8 Å². The molecule has 0 saturated carbocycles. The van der Waals surface area contributed by atoms with E-state index in [9.17, 15) is 4.79 Å². The number of rotatable bonds is 4. The molecule has 8 heteroatoms. The number of carbonyl (C=O) groups is 1. The Morgan fingerprint density at radius 2 is 2.00 bits per heavy atom. The van der Waals surface area contributed by atoms with Gasteiger partial charge < -0.3 is 23.5 Å². The van der Waals surface area contributed by atoms with Crippen LogP contribution >= 0.6 is 11.3 Å². The van der Waals surface area contributed by atoms with Crippen LogP contribution in [0.2, 0.25) is 0 Å². The van der Waals surface area contributed by atoms with Crippen LogP contribution in [0.3, 0.4) is 0 Å². The minimum atomic E-state index is -0.821. The van der Waals surface area contributed by atoms with E-state index >= 15 is 0 Å². The lowest BCUT2D eigenvalue weighted by molar-refractivity contribution is -0.127. The highest BCUT2D eigenvalue weighted by molar-refractivity contribution is 7.16. The number of para-hydroxylation sites is 2. The van der Waals surface area contributed by atoms with Crippen molar-refractivity contribution in [3.63, 3.8) is 0 Å². The van der Waals surface area contributed by atoms with E-state index < -0.39 is 12.0 Å². The largest absolute Gasteiger partial charge is 0.493 e. The van der Waals surface area contributed by atoms with Gasteiger partial charge in [-0.15, -0.1) is 6.42 Å². The molecule has 1 amide bonds. The fourth-order valence-corrected chi connectivity index (χ4v) is 4.08. The minimum absolute atomic E-state index is 0.0982. The summed E-state index contributed by atoms with van der Waals surface area (Å²) >= 11 is 1.34. The van der Waals surface area contributed by atoms with Gasteiger partial charge in [0.1, 0.15) is 6.61 Å². The molecule has 7 nitrogen and oxygen atoms in total. The first-order valence-electron chi connectivity index (χ1n) is 8.80. The number of amides is 1. The van der Waals surface area contributed by atoms with Gasteiger partial charge in [0.05, 0.1) is 31.0 Å². The smallest absolute Gasteiger partial charge is 0.292 e. The van der Waals surface area contributed by atoms with Crippen LogP contribution in [0.1, 0.15) is 0 Å². The Bertz CT molecular complexity index is 1190. The Labute approximate surface area is 171 Å². The molecule has 3 aromatic rings. The summed E-state index contributed by atoms with van der Waals surface area (Å²) in [5.41, 5.74) is 0.809. The van der Waals surface area contributed by atoms with Crippen molar-refractivity contribution >= 4 is 27.5 Å². The molecule has 1 aliphatic heterocycles. The van der Waals surface area contributed by atoms with Crippen LogP contribution in [0.4, 0.5) is 0 Å². The Morgan fingerprint density at radius 1 is 1.28 bits per heavy atom. The Morgan fingerprint density at radius 3 is 2.72 bits per heavy atom. The normalized spacial score (nSPS) is 15.8. The maximum Gasteiger partial charge on any atom is 0.292 e. The van der Waals surface area contributed by atoms with E-state index in [2.05, 4.69) is 10.9 Å². The number of methoxy groups -OCH3 is 2. The van der Waals surface area contributed by atoms with Gasteiger partial charge in [-0.25, -0.2) is 0 Å². The summed E-state index contributed by atoms with van der Waals surface area (Å²) in [6.07, 6.45) is 4.72. The molecule has 0 bridgehead atoms. The standard InChI is InChI=1S/C21H18N2O5S/c1-4-9-23-13-10-16(25-2)17(26-3)11-19(13)29-21(23)22-20(24)18-12-27-14-7-5-6-8-15(14)28-18/h1,5-8,10-11,18H,9,12H2,2-3H3. The lowest BCUT2D eigenvalue weighted by Crippen LogP contribution is -2.36. The zero-order valence-corrected chi connectivity index (χ0v) is 16.7. The van der Waals surface area contributed by atoms with Gasteiger partial charge in [-0.2, -0.15) is 4.99 Å². The molecule has 2 heterocycles. The number of benzene rings is 2. The summed E-state index contributed by atoms with van der Waals surface area (Å²) in [4.78, 5) is 17.5. The zero-order valence-electron chi connectivity index (χ0n) is 15.9. The van der Waals surface area contributed by atoms with Crippen LogP contribution in [-0.4, -0.2) is 37.4 Å². The van der Waals surface area contributed by atoms with Crippen LogP contribution in [0.25, 0.3) is 10.2 Å². The fraction of sp³-hybridized carbons (Fsp3) is 0.238. The van der Waals surface area contributed by atoms with E-state index in [1.165, 1.54) is 11.3 Å². The molecule has 0 aliphatic carbocycles. The monoisotopic (exact) mass is 410 g/mol. The summed E-state index contributed by atoms with van der Waals surface area (Å²) in [6, 6.07) is 10.9. The van der Waals surface area contributed by atoms with Gasteiger partial charge in [0, 0.05) is 12.1 Å². The second kappa shape index (κ2) is 7.89. The molecule has 148 valence electrons. The van der Waals surface area contributed by atoms with Crippen molar-refractivity contribution in [3.8, 4) is 35.3 Å². The number of hydrogen-bond donors (Lipinski definition) is 0. The summed E-state index contributed by atoms with van der Waals surface area (Å²) < 4.78 is 24.8. The van der Waals surface area contributed by atoms with Crippen molar-refractivity contribution < 1.29 is 23.7 Å². The van der Waals surface area contributed by atoms with E-state index in [1.807, 2.05) is 24.3 Å². The summed E-state index contributed by atoms with van der Waals surface area (Å²) in [5, 5.41) is 0. The summed E-state index contributed by atoms with van der Waals surface area (Å²) in [6.45, 7) is 0.355. The molecule has 1 aliphatic rings. The SMILES string of the molecule is C#CCn1c(=NC(=O)C2COc3ccccc3O2)sc2cc(OC)c(OC)cc21. The van der Waals surface area contributed by atoms with Crippen molar-refractivity contribution in [1.29, 1.82) is 0 Å². The molecule has 0 fully saturated rings. The quantitative estimate of drug-likeness (QED) is 0.619. The number of fused-ring (bicyclic) bond motifs is 2. The van der Waals surface area contributed by atoms with Gasteiger partial charge in [-0.3, -0.25) is 4.79 Å². The number of aromatic nitrogens is 1. The molecule has 2 aromatic carbocycles. The number of thiazole rings is 1. The van der Waals surface area contributed by atoms with Crippen molar-refractivity contribution in [2.75, 3.05) is 20.8 Å². The van der Waals surface area contributed by atoms with E-state index in [0.717, 1.165) is 10.2 Å². The van der Waals surface area contributed by atoms with E-state index in [0.29, 0.717) is 27.8 Å². The maximum atomic E-state index is 12.8. The maximum absolute atomic E-state index is 12.8. The molecule has 0 N–H and O–H groups in total. The Balaban J connectivity index is 1.74. The third-order valence-electron chi connectivity index (χ3n) is 4.43. The molecule has 0 radical (unpaired) electrons. The second-order valence-electron chi connectivity index (χ2n) is 6.16. The molecule has 1 atom stereocenters. The third-order valence-corrected chi connectivity index (χ3v) is 5.47. The number of hydrogen-bond acceptors (Lipinski definition) is 6. The molecule has 0 spiro atoms. The van der Waals surface area contributed by atoms with Crippen LogP contribution < -0.4 is 23.7 Å². The minimum Gasteiger partial charge on any atom is -0.493 e. The third kappa shape index (κ3) is 3.52. The van der Waals surface area contributed by atoms with Crippen molar-refractivity contribution in [2.45, 2.75) is 12.6 Å². The first kappa shape index (κ1) is 18.9. The highest BCUT2D eigenvalue weighted by atomic mass is 32.1. The van der Waals surface area contributed by atoms with Gasteiger partial charge in [0.2, 0.25) is 6.10 Å². The van der Waals surface area contributed by atoms with Gasteiger partial charge in [-0.1, -0.05) is 29.4 Å². The van der Waals surface area contributed by atoms with Crippen molar-refractivity contribution in [2.24, 2.45) is 4.99 Å². The highest BCUT2D eigenvalue weighted by Crippen LogP contribution is 2.34. The van der Waals surface area contributed by atoms with Gasteiger partial charge in [0.25, 0.3) is 5.91 Å². The first-order chi connectivity index (χ1) is 14.1. The number of nitrogens with zero attached hydrogens (tertiary/aromatic N) is 2. The van der Waals surface area contributed by atoms with Crippen molar-refractivity contribution in [3.05, 3.63) is 41.2 Å². The topological polar surface area (TPSA) is 71.3 Å². The van der Waals surface area contributed by atoms with E-state index in [4.69, 9.17) is 25.4 Å². The lowest BCUT2D eigenvalue weighted by Gasteiger charge is -2.23. The number of terminal acetylenes is 1. The molecule has 1 aromatic heterocycles. The predicted octanol–water partition coefficient (Wildman–Crippen LogP) is 2.62. The first-order valence-corrected chi connectivity index (χ1v) is 9.62. The lowest BCUT2D eigenvalue weighted by atomic mass is 10.2. The van der Waals surface area contributed by atoms with Gasteiger partial charge in [-0.05, 0) is 12.1 Å². The van der Waals surface area contributed by atoms with Crippen LogP contribution in [0.5, 0.6) is 23.0 Å². The van der Waals surface area contributed by atoms with Gasteiger partial charge >= 0.3 is 0 Å². The fourth-order valence-electron chi connectivity index (χ4n) is 3.03. The Kier molecular flexibility index (Phi) is 5.14. The van der Waals surface area contributed by atoms with E-state index in [1.54, 1.807) is 30.9 Å². The molecular weight excluding hydrogens is 392 g/mol. The van der Waals surface area contributed by atoms with E-state index in [-0.39, 0.29) is 13.2 Å². The molecule has 1 unspecified atom stereocenters. The van der Waals surface area contributed by atoms with Crippen LogP contribution in [-0.2, 0) is 11.3 Å². The summed E-state index contributed by atoms with van der Waals surface area (Å²) in [7, 11) is 3.13. The summed E-state index contributed by atoms with van der Waals surface area (Å²) in [5.74, 6) is 4.47.